The number of hydrogen-bond acceptors (Lipinski definition) is 5. The molecule has 0 amide bonds. The molecular formula is C28H45NO4. The molecule has 10 atom stereocenters. The van der Waals surface area contributed by atoms with E-state index in [1.807, 2.05) is 7.05 Å². The van der Waals surface area contributed by atoms with Gasteiger partial charge >= 0.3 is 5.97 Å². The van der Waals surface area contributed by atoms with Gasteiger partial charge in [0.1, 0.15) is 11.9 Å². The van der Waals surface area contributed by atoms with Crippen molar-refractivity contribution in [1.29, 1.82) is 0 Å². The van der Waals surface area contributed by atoms with Crippen molar-refractivity contribution in [2.45, 2.75) is 104 Å². The number of ketones is 1. The highest BCUT2D eigenvalue weighted by atomic mass is 16.6. The average Bonchev–Trinajstić information content (AvgIpc) is 3.38. The lowest BCUT2D eigenvalue weighted by Gasteiger charge is -2.61. The zero-order valence-electron chi connectivity index (χ0n) is 21.5. The van der Waals surface area contributed by atoms with E-state index in [1.54, 1.807) is 6.92 Å². The van der Waals surface area contributed by atoms with Gasteiger partial charge in [-0.1, -0.05) is 27.2 Å². The molecule has 4 aliphatic carbocycles. The predicted octanol–water partition coefficient (Wildman–Crippen LogP) is 4.87. The molecule has 4 unspecified atom stereocenters. The van der Waals surface area contributed by atoms with E-state index in [0.717, 1.165) is 45.1 Å². The van der Waals surface area contributed by atoms with E-state index in [1.165, 1.54) is 19.3 Å². The zero-order valence-corrected chi connectivity index (χ0v) is 21.5. The number of nitrogens with zero attached hydrogens (tertiary/aromatic N) is 1. The summed E-state index contributed by atoms with van der Waals surface area (Å²) in [5.41, 5.74) is 0.137. The number of rotatable bonds is 7. The molecule has 0 aromatic heterocycles. The Balaban J connectivity index is 1.42. The highest BCUT2D eigenvalue weighted by Gasteiger charge is 2.67. The van der Waals surface area contributed by atoms with Crippen LogP contribution in [0.2, 0.25) is 0 Å². The van der Waals surface area contributed by atoms with Gasteiger partial charge in [-0.25, -0.2) is 0 Å². The van der Waals surface area contributed by atoms with Crippen LogP contribution >= 0.6 is 0 Å². The van der Waals surface area contributed by atoms with Crippen LogP contribution in [0.25, 0.3) is 0 Å². The van der Waals surface area contributed by atoms with Gasteiger partial charge in [0.25, 0.3) is 0 Å². The zero-order chi connectivity index (χ0) is 23.5. The van der Waals surface area contributed by atoms with Gasteiger partial charge in [0, 0.05) is 11.8 Å². The van der Waals surface area contributed by atoms with Crippen LogP contribution in [0.5, 0.6) is 0 Å². The third-order valence-electron chi connectivity index (χ3n) is 10.9. The van der Waals surface area contributed by atoms with E-state index in [9.17, 15) is 9.59 Å². The highest BCUT2D eigenvalue weighted by Crippen LogP contribution is 2.69. The van der Waals surface area contributed by atoms with Gasteiger partial charge in [-0.2, -0.15) is 0 Å². The third kappa shape index (κ3) is 3.99. The summed E-state index contributed by atoms with van der Waals surface area (Å²) in [4.78, 5) is 27.9. The van der Waals surface area contributed by atoms with Gasteiger partial charge in [0.05, 0.1) is 18.8 Å². The normalized spacial score (nSPS) is 47.8. The Bertz CT molecular complexity index is 784. The number of ether oxygens (including phenoxy) is 2. The van der Waals surface area contributed by atoms with E-state index in [0.29, 0.717) is 48.2 Å². The van der Waals surface area contributed by atoms with Gasteiger partial charge in [0.2, 0.25) is 0 Å². The first-order valence-electron chi connectivity index (χ1n) is 13.7. The molecular weight excluding hydrogens is 414 g/mol. The first kappa shape index (κ1) is 23.8. The fourth-order valence-electron chi connectivity index (χ4n) is 9.32. The Kier molecular flexibility index (Phi) is 6.21. The number of unbranched alkanes of at least 4 members (excludes halogenated alkanes) is 1. The van der Waals surface area contributed by atoms with E-state index in [2.05, 4.69) is 25.7 Å². The molecule has 5 heteroatoms. The average molecular weight is 460 g/mol. The predicted molar refractivity (Wildman–Crippen MR) is 128 cm³/mol. The summed E-state index contributed by atoms with van der Waals surface area (Å²) in [7, 11) is 2.02. The molecule has 4 saturated carbocycles. The molecule has 33 heavy (non-hydrogen) atoms. The third-order valence-corrected chi connectivity index (χ3v) is 10.9. The van der Waals surface area contributed by atoms with Crippen LogP contribution < -0.4 is 0 Å². The topological polar surface area (TPSA) is 59.1 Å². The van der Waals surface area contributed by atoms with Crippen molar-refractivity contribution >= 4 is 11.8 Å². The second kappa shape index (κ2) is 8.62. The van der Waals surface area contributed by atoms with E-state index in [4.69, 9.17) is 9.47 Å². The Morgan fingerprint density at radius 3 is 2.58 bits per heavy atom. The van der Waals surface area contributed by atoms with Crippen molar-refractivity contribution in [2.75, 3.05) is 20.1 Å². The number of hydrogen-bond donors (Lipinski definition) is 0. The fourth-order valence-corrected chi connectivity index (χ4v) is 9.32. The van der Waals surface area contributed by atoms with Crippen molar-refractivity contribution in [3.05, 3.63) is 0 Å². The maximum absolute atomic E-state index is 13.2. The molecule has 5 nitrogen and oxygen atoms in total. The van der Waals surface area contributed by atoms with Gasteiger partial charge in [-0.05, 0) is 100 Å². The second-order valence-corrected chi connectivity index (χ2v) is 12.8. The molecule has 0 aromatic rings. The van der Waals surface area contributed by atoms with E-state index >= 15 is 0 Å². The number of likely N-dealkylation sites (N-methyl/N-ethyl adjacent to an activating group) is 1. The number of carbonyl (C=O) groups is 2. The van der Waals surface area contributed by atoms with Gasteiger partial charge in [-0.3, -0.25) is 14.5 Å². The number of Topliss-reactive ketones (excluding diaryl/α,β-unsaturated/α-hetero) is 1. The quantitative estimate of drug-likeness (QED) is 0.402. The number of esters is 1. The monoisotopic (exact) mass is 459 g/mol. The molecule has 0 bridgehead atoms. The molecule has 0 N–H and O–H groups in total. The van der Waals surface area contributed by atoms with Gasteiger partial charge in [0.15, 0.2) is 0 Å². The Labute approximate surface area is 200 Å². The van der Waals surface area contributed by atoms with Gasteiger partial charge < -0.3 is 9.47 Å². The van der Waals surface area contributed by atoms with Gasteiger partial charge in [-0.15, -0.1) is 0 Å². The summed E-state index contributed by atoms with van der Waals surface area (Å²) in [6.45, 7) is 10.1. The summed E-state index contributed by atoms with van der Waals surface area (Å²) in [5, 5.41) is 0. The molecule has 5 rings (SSSR count). The van der Waals surface area contributed by atoms with Crippen molar-refractivity contribution in [3.8, 4) is 0 Å². The van der Waals surface area contributed by atoms with Crippen molar-refractivity contribution < 1.29 is 19.1 Å². The Morgan fingerprint density at radius 1 is 1.06 bits per heavy atom. The molecule has 1 aliphatic heterocycles. The minimum atomic E-state index is -0.0844. The molecule has 1 saturated heterocycles. The Morgan fingerprint density at radius 2 is 1.85 bits per heavy atom. The first-order valence-corrected chi connectivity index (χ1v) is 13.7. The maximum atomic E-state index is 13.2. The number of epoxide rings is 1. The molecule has 186 valence electrons. The van der Waals surface area contributed by atoms with Crippen LogP contribution in [0.1, 0.15) is 85.5 Å². The lowest BCUT2D eigenvalue weighted by atomic mass is 9.44. The highest BCUT2D eigenvalue weighted by molar-refractivity contribution is 5.79. The van der Waals surface area contributed by atoms with E-state index in [-0.39, 0.29) is 28.8 Å². The van der Waals surface area contributed by atoms with Crippen LogP contribution in [0, 0.1) is 40.4 Å². The number of carbonyl (C=O) groups excluding carboxylic acids is 2. The Hall–Kier alpha value is -0.940. The summed E-state index contributed by atoms with van der Waals surface area (Å²) in [6.07, 6.45) is 10.9. The SMILES string of the molecule is CCCCN(C)CC(=O)OC1C[C@]2(C)[C@@H](C(C)=O)CC[C@H]2[C@@H]2CCC3CC4OC4C[C@]3(C)[C@@H]12. The van der Waals surface area contributed by atoms with E-state index < -0.39 is 0 Å². The fraction of sp³-hybridized carbons (Fsp3) is 0.929. The minimum Gasteiger partial charge on any atom is -0.461 e. The van der Waals surface area contributed by atoms with Crippen molar-refractivity contribution in [1.82, 2.24) is 4.90 Å². The summed E-state index contributed by atoms with van der Waals surface area (Å²) >= 11 is 0. The lowest BCUT2D eigenvalue weighted by molar-refractivity contribution is -0.193. The summed E-state index contributed by atoms with van der Waals surface area (Å²) in [5.74, 6) is 2.56. The van der Waals surface area contributed by atoms with Crippen LogP contribution in [-0.4, -0.2) is 55.1 Å². The lowest BCUT2D eigenvalue weighted by Crippen LogP contribution is -2.60. The molecule has 5 aliphatic rings. The summed E-state index contributed by atoms with van der Waals surface area (Å²) in [6, 6.07) is 0. The molecule has 0 aromatic carbocycles. The second-order valence-electron chi connectivity index (χ2n) is 12.8. The van der Waals surface area contributed by atoms with Crippen molar-refractivity contribution in [2.24, 2.45) is 40.4 Å². The first-order chi connectivity index (χ1) is 15.7. The molecule has 1 heterocycles. The molecule has 0 radical (unpaired) electrons. The minimum absolute atomic E-state index is 0.0391. The van der Waals surface area contributed by atoms with Crippen LogP contribution in [-0.2, 0) is 19.1 Å². The molecule has 0 spiro atoms. The van der Waals surface area contributed by atoms with Crippen LogP contribution in [0.4, 0.5) is 0 Å². The number of fused-ring (bicyclic) bond motifs is 6. The standard InChI is InChI=1S/C28H45NO4/c1-6-7-12-29(5)16-25(31)33-24-15-28(4)20(17(2)30)10-11-21(28)19-9-8-18-13-22-23(32-22)14-27(18,3)26(19)24/h18-24,26H,6-16H2,1-5H3/t18?,19-,20+,21-,22?,23?,24?,26+,27-,28+/m0/s1. The smallest absolute Gasteiger partial charge is 0.320 e. The van der Waals surface area contributed by atoms with Crippen LogP contribution in [0.15, 0.2) is 0 Å². The van der Waals surface area contributed by atoms with Crippen LogP contribution in [0.3, 0.4) is 0 Å². The van der Waals surface area contributed by atoms with Crippen molar-refractivity contribution in [3.63, 3.8) is 0 Å². The molecule has 5 fully saturated rings. The maximum Gasteiger partial charge on any atom is 0.320 e. The largest absolute Gasteiger partial charge is 0.461 e. The summed E-state index contributed by atoms with van der Waals surface area (Å²) < 4.78 is 12.5.